The zero-order valence-electron chi connectivity index (χ0n) is 17.2. The summed E-state index contributed by atoms with van der Waals surface area (Å²) in [4.78, 5) is 16.7. The van der Waals surface area contributed by atoms with Crippen molar-refractivity contribution in [2.24, 2.45) is 5.92 Å². The van der Waals surface area contributed by atoms with E-state index in [0.717, 1.165) is 35.6 Å². The molecule has 0 unspecified atom stereocenters. The van der Waals surface area contributed by atoms with Crippen LogP contribution in [0.25, 0.3) is 11.0 Å². The Kier molecular flexibility index (Phi) is 6.34. The Morgan fingerprint density at radius 1 is 1.14 bits per heavy atom. The summed E-state index contributed by atoms with van der Waals surface area (Å²) in [6, 6.07) is 14.3. The second-order valence-corrected chi connectivity index (χ2v) is 7.57. The van der Waals surface area contributed by atoms with E-state index in [4.69, 9.17) is 9.72 Å². The summed E-state index contributed by atoms with van der Waals surface area (Å²) in [5.41, 5.74) is 4.45. The summed E-state index contributed by atoms with van der Waals surface area (Å²) in [6.45, 7) is 9.80. The Hall–Kier alpha value is -2.82. The lowest BCUT2D eigenvalue weighted by molar-refractivity contribution is -0.124. The lowest BCUT2D eigenvalue weighted by Gasteiger charge is -2.12. The lowest BCUT2D eigenvalue weighted by atomic mass is 10.1. The van der Waals surface area contributed by atoms with Crippen molar-refractivity contribution in [2.45, 2.75) is 47.2 Å². The van der Waals surface area contributed by atoms with Gasteiger partial charge in [-0.25, -0.2) is 4.98 Å². The first-order chi connectivity index (χ1) is 13.4. The van der Waals surface area contributed by atoms with Gasteiger partial charge < -0.3 is 14.6 Å². The molecule has 148 valence electrons. The molecule has 0 radical (unpaired) electrons. The van der Waals surface area contributed by atoms with Crippen molar-refractivity contribution in [3.8, 4) is 5.75 Å². The zero-order valence-corrected chi connectivity index (χ0v) is 17.2. The fourth-order valence-corrected chi connectivity index (χ4v) is 3.31. The third-order valence-corrected chi connectivity index (χ3v) is 4.67. The van der Waals surface area contributed by atoms with Gasteiger partial charge in [0, 0.05) is 12.5 Å². The normalized spacial score (nSPS) is 11.2. The van der Waals surface area contributed by atoms with Gasteiger partial charge in [0.25, 0.3) is 0 Å². The summed E-state index contributed by atoms with van der Waals surface area (Å²) in [6.07, 6.45) is 0.860. The van der Waals surface area contributed by atoms with Gasteiger partial charge in [0.2, 0.25) is 5.91 Å². The SMILES string of the molecule is Cc1cc(C)cc(OCCCn2c(CNC(=O)C(C)C)nc3ccccc32)c1. The van der Waals surface area contributed by atoms with E-state index in [2.05, 4.69) is 48.0 Å². The third-order valence-electron chi connectivity index (χ3n) is 4.67. The number of rotatable bonds is 8. The summed E-state index contributed by atoms with van der Waals surface area (Å²) >= 11 is 0. The number of fused-ring (bicyclic) bond motifs is 1. The number of imidazole rings is 1. The van der Waals surface area contributed by atoms with Crippen LogP contribution in [0.15, 0.2) is 42.5 Å². The average Bonchev–Trinajstić information content (AvgIpc) is 3.00. The Morgan fingerprint density at radius 2 is 1.86 bits per heavy atom. The molecule has 5 nitrogen and oxygen atoms in total. The van der Waals surface area contributed by atoms with Crippen LogP contribution in [-0.2, 0) is 17.9 Å². The van der Waals surface area contributed by atoms with Gasteiger partial charge in [-0.3, -0.25) is 4.79 Å². The summed E-state index contributed by atoms with van der Waals surface area (Å²) in [5.74, 6) is 1.79. The van der Waals surface area contributed by atoms with Crippen LogP contribution in [0.2, 0.25) is 0 Å². The average molecular weight is 380 g/mol. The molecule has 1 N–H and O–H groups in total. The highest BCUT2D eigenvalue weighted by atomic mass is 16.5. The van der Waals surface area contributed by atoms with Gasteiger partial charge in [-0.1, -0.05) is 32.0 Å². The van der Waals surface area contributed by atoms with E-state index in [-0.39, 0.29) is 11.8 Å². The quantitative estimate of drug-likeness (QED) is 0.591. The first-order valence-corrected chi connectivity index (χ1v) is 9.87. The summed E-state index contributed by atoms with van der Waals surface area (Å²) in [5, 5.41) is 2.97. The van der Waals surface area contributed by atoms with Crippen LogP contribution in [-0.4, -0.2) is 22.1 Å². The van der Waals surface area contributed by atoms with Gasteiger partial charge in [0.15, 0.2) is 0 Å². The molecule has 0 bridgehead atoms. The van der Waals surface area contributed by atoms with Gasteiger partial charge in [-0.2, -0.15) is 0 Å². The molecule has 3 rings (SSSR count). The molecule has 0 fully saturated rings. The highest BCUT2D eigenvalue weighted by molar-refractivity contribution is 5.78. The van der Waals surface area contributed by atoms with Gasteiger partial charge >= 0.3 is 0 Å². The Bertz CT molecular complexity index is 939. The number of nitrogens with one attached hydrogen (secondary N) is 1. The van der Waals surface area contributed by atoms with Gasteiger partial charge in [0.05, 0.1) is 24.2 Å². The highest BCUT2D eigenvalue weighted by Gasteiger charge is 2.13. The van der Waals surface area contributed by atoms with Crippen LogP contribution < -0.4 is 10.1 Å². The predicted molar refractivity (Wildman–Crippen MR) is 112 cm³/mol. The third kappa shape index (κ3) is 4.91. The van der Waals surface area contributed by atoms with Crippen LogP contribution in [0.1, 0.15) is 37.2 Å². The van der Waals surface area contributed by atoms with Gasteiger partial charge in [-0.15, -0.1) is 0 Å². The topological polar surface area (TPSA) is 56.1 Å². The molecule has 1 amide bonds. The van der Waals surface area contributed by atoms with Crippen LogP contribution in [0.3, 0.4) is 0 Å². The van der Waals surface area contributed by atoms with E-state index < -0.39 is 0 Å². The zero-order chi connectivity index (χ0) is 20.1. The number of hydrogen-bond acceptors (Lipinski definition) is 3. The summed E-state index contributed by atoms with van der Waals surface area (Å²) in [7, 11) is 0. The van der Waals surface area contributed by atoms with Crippen molar-refractivity contribution >= 4 is 16.9 Å². The number of ether oxygens (including phenoxy) is 1. The molecule has 2 aromatic carbocycles. The monoisotopic (exact) mass is 379 g/mol. The van der Waals surface area contributed by atoms with Crippen molar-refractivity contribution in [3.05, 3.63) is 59.4 Å². The van der Waals surface area contributed by atoms with E-state index in [1.807, 2.05) is 32.0 Å². The molecule has 0 saturated carbocycles. The summed E-state index contributed by atoms with van der Waals surface area (Å²) < 4.78 is 8.13. The fraction of sp³-hybridized carbons (Fsp3) is 0.391. The number of aryl methyl sites for hydroxylation is 3. The molecule has 0 saturated heterocycles. The fourth-order valence-electron chi connectivity index (χ4n) is 3.31. The van der Waals surface area contributed by atoms with E-state index in [9.17, 15) is 4.79 Å². The number of carbonyl (C=O) groups is 1. The van der Waals surface area contributed by atoms with E-state index in [1.165, 1.54) is 11.1 Å². The van der Waals surface area contributed by atoms with Crippen molar-refractivity contribution in [3.63, 3.8) is 0 Å². The number of hydrogen-bond donors (Lipinski definition) is 1. The number of benzene rings is 2. The minimum atomic E-state index is -0.0379. The second kappa shape index (κ2) is 8.91. The molecule has 0 aliphatic rings. The number of amides is 1. The number of nitrogens with zero attached hydrogens (tertiary/aromatic N) is 2. The van der Waals surface area contributed by atoms with Gasteiger partial charge in [0.1, 0.15) is 11.6 Å². The van der Waals surface area contributed by atoms with E-state index in [1.54, 1.807) is 0 Å². The van der Waals surface area contributed by atoms with Gasteiger partial charge in [-0.05, 0) is 55.7 Å². The lowest BCUT2D eigenvalue weighted by Crippen LogP contribution is -2.28. The standard InChI is InChI=1S/C23H29N3O2/c1-16(2)23(27)24-15-22-25-20-8-5-6-9-21(20)26(22)10-7-11-28-19-13-17(3)12-18(4)14-19/h5-6,8-9,12-14,16H,7,10-11,15H2,1-4H3,(H,24,27). The maximum absolute atomic E-state index is 11.9. The largest absolute Gasteiger partial charge is 0.494 e. The Morgan fingerprint density at radius 3 is 2.57 bits per heavy atom. The van der Waals surface area contributed by atoms with Crippen LogP contribution in [0.5, 0.6) is 5.75 Å². The van der Waals surface area contributed by atoms with Crippen LogP contribution >= 0.6 is 0 Å². The number of carbonyl (C=O) groups excluding carboxylic acids is 1. The molecule has 0 atom stereocenters. The second-order valence-electron chi connectivity index (χ2n) is 7.57. The van der Waals surface area contributed by atoms with Crippen molar-refractivity contribution < 1.29 is 9.53 Å². The van der Waals surface area contributed by atoms with E-state index in [0.29, 0.717) is 13.2 Å². The molecule has 0 aliphatic heterocycles. The molecule has 28 heavy (non-hydrogen) atoms. The minimum absolute atomic E-state index is 0.0379. The first kappa shape index (κ1) is 19.9. The first-order valence-electron chi connectivity index (χ1n) is 9.87. The van der Waals surface area contributed by atoms with Crippen LogP contribution in [0.4, 0.5) is 0 Å². The van der Waals surface area contributed by atoms with Crippen molar-refractivity contribution in [1.29, 1.82) is 0 Å². The molecule has 3 aromatic rings. The number of aromatic nitrogens is 2. The van der Waals surface area contributed by atoms with Crippen molar-refractivity contribution in [2.75, 3.05) is 6.61 Å². The molecule has 1 heterocycles. The van der Waals surface area contributed by atoms with Crippen molar-refractivity contribution in [1.82, 2.24) is 14.9 Å². The smallest absolute Gasteiger partial charge is 0.222 e. The highest BCUT2D eigenvalue weighted by Crippen LogP contribution is 2.18. The molecular formula is C23H29N3O2. The molecule has 0 spiro atoms. The molecule has 1 aromatic heterocycles. The molecule has 0 aliphatic carbocycles. The Labute approximate surface area is 166 Å². The maximum Gasteiger partial charge on any atom is 0.222 e. The maximum atomic E-state index is 11.9. The van der Waals surface area contributed by atoms with Crippen LogP contribution in [0, 0.1) is 19.8 Å². The molecular weight excluding hydrogens is 350 g/mol. The Balaban J connectivity index is 1.67. The minimum Gasteiger partial charge on any atom is -0.494 e. The predicted octanol–water partition coefficient (Wildman–Crippen LogP) is 4.39. The molecule has 5 heteroatoms. The van der Waals surface area contributed by atoms with E-state index >= 15 is 0 Å². The number of para-hydroxylation sites is 2.